The summed E-state index contributed by atoms with van der Waals surface area (Å²) in [6, 6.07) is 0. The van der Waals surface area contributed by atoms with Gasteiger partial charge in [0.05, 0.1) is 35.2 Å². The fourth-order valence-electron chi connectivity index (χ4n) is 19.1. The third kappa shape index (κ3) is 6.60. The van der Waals surface area contributed by atoms with Crippen LogP contribution in [0.2, 0.25) is 0 Å². The van der Waals surface area contributed by atoms with Gasteiger partial charge in [-0.2, -0.15) is 0 Å². The molecule has 0 aromatic carbocycles. The standard InChI is InChI=1S/C56H78O12S/c1-27-21-41(67-49(63)33(27)25-57)29(3)35-9-11-37-31-23-47(55(65)45(61)15-13-43(59)53(55,7)39(31)17-19-51(35,37)5)69-48-24-32-38-12-10-36(30(4)42-22-28(2)34(26-58)50(64)68-42)52(38,6)20-18-40(32)54(8)44(60)14-16-46(62)56(48,54)66/h13-16,29-32,35-42,45-48,57-58,61-62,65-66H,9-12,17-26H2,1-8H3/t29-,30-,31-,32-,35+,36+,37-,38-,39-,40-,41+,42+,45-,46-,47-,48-,51+,52+,53-,54-,55+,56+/m0/s1. The number of aliphatic hydroxyl groups is 6. The highest BCUT2D eigenvalue weighted by Gasteiger charge is 2.75. The van der Waals surface area contributed by atoms with Crippen molar-refractivity contribution in [1.82, 2.24) is 0 Å². The highest BCUT2D eigenvalue weighted by molar-refractivity contribution is 8.00. The quantitative estimate of drug-likeness (QED) is 0.146. The first-order valence-corrected chi connectivity index (χ1v) is 27.3. The fourth-order valence-corrected chi connectivity index (χ4v) is 21.3. The monoisotopic (exact) mass is 975 g/mol. The van der Waals surface area contributed by atoms with E-state index in [2.05, 4.69) is 27.7 Å². The number of aliphatic hydroxyl groups excluding tert-OH is 4. The maximum Gasteiger partial charge on any atom is 0.336 e. The van der Waals surface area contributed by atoms with Gasteiger partial charge in [0.15, 0.2) is 11.6 Å². The van der Waals surface area contributed by atoms with Crippen molar-refractivity contribution in [3.8, 4) is 0 Å². The number of esters is 2. The summed E-state index contributed by atoms with van der Waals surface area (Å²) in [5.41, 5.74) is -4.48. The number of carbonyl (C=O) groups excluding carboxylic acids is 4. The zero-order valence-corrected chi connectivity index (χ0v) is 42.8. The molecule has 8 aliphatic carbocycles. The van der Waals surface area contributed by atoms with E-state index in [-0.39, 0.29) is 107 Å². The van der Waals surface area contributed by atoms with Gasteiger partial charge in [-0.15, -0.1) is 11.8 Å². The molecule has 0 unspecified atom stereocenters. The summed E-state index contributed by atoms with van der Waals surface area (Å²) in [5, 5.41) is 69.6. The van der Waals surface area contributed by atoms with Crippen LogP contribution in [-0.2, 0) is 28.7 Å². The number of ketones is 2. The number of hydrogen-bond acceptors (Lipinski definition) is 13. The molecule has 0 aromatic heterocycles. The molecule has 10 aliphatic rings. The SMILES string of the molecule is CC1=C(CO)C(=O)O[C@@H]([C@@H](C)[C@H]2CC[C@H]3[C@@H]4C[C@H](S[C@H]5C[C@H]6[C@@H]7CC[C@H]([C@H](C)[C@H]8CC(C)=C(CO)C(=O)O8)[C@@]7(C)CC[C@@H]6[C@@]6(C)C(=O)C=C[C@H](O)[C@@]56O)[C@]5(O)[C@@H](O)C=CC(=O)[C@]5(C)[C@H]4CC[C@]23C)C1. The first kappa shape index (κ1) is 49.9. The number of fused-ring (bicyclic) bond motifs is 10. The van der Waals surface area contributed by atoms with E-state index in [1.807, 2.05) is 27.7 Å². The van der Waals surface area contributed by atoms with Gasteiger partial charge in [-0.05, 0) is 186 Å². The summed E-state index contributed by atoms with van der Waals surface area (Å²) in [7, 11) is 0. The minimum absolute atomic E-state index is 0.0195. The largest absolute Gasteiger partial charge is 0.458 e. The van der Waals surface area contributed by atoms with Crippen LogP contribution >= 0.6 is 11.8 Å². The number of cyclic esters (lactones) is 2. The minimum Gasteiger partial charge on any atom is -0.458 e. The Morgan fingerprint density at radius 3 is 1.33 bits per heavy atom. The van der Waals surface area contributed by atoms with Crippen LogP contribution in [0.15, 0.2) is 46.6 Å². The Balaban J connectivity index is 0.992. The molecule has 13 heteroatoms. The summed E-state index contributed by atoms with van der Waals surface area (Å²) in [6.07, 6.45) is 11.1. The van der Waals surface area contributed by atoms with Gasteiger partial charge in [0.25, 0.3) is 0 Å². The highest BCUT2D eigenvalue weighted by atomic mass is 32.2. The molecule has 0 amide bonds. The third-order valence-corrected chi connectivity index (χ3v) is 24.8. The second kappa shape index (κ2) is 17.0. The molecule has 0 saturated heterocycles. The van der Waals surface area contributed by atoms with E-state index in [0.717, 1.165) is 49.7 Å². The molecule has 2 aliphatic heterocycles. The maximum absolute atomic E-state index is 14.7. The lowest BCUT2D eigenvalue weighted by Gasteiger charge is -2.67. The topological polar surface area (TPSA) is 208 Å². The average molecular weight is 975 g/mol. The first-order valence-electron chi connectivity index (χ1n) is 26.4. The van der Waals surface area contributed by atoms with Crippen LogP contribution in [0.25, 0.3) is 0 Å². The molecule has 2 heterocycles. The van der Waals surface area contributed by atoms with Crippen LogP contribution < -0.4 is 0 Å². The molecule has 0 radical (unpaired) electrons. The Hall–Kier alpha value is -2.65. The molecular formula is C56H78O12S. The van der Waals surface area contributed by atoms with Crippen molar-refractivity contribution in [3.05, 3.63) is 46.6 Å². The van der Waals surface area contributed by atoms with Crippen molar-refractivity contribution in [2.45, 2.75) is 179 Å². The first-order chi connectivity index (χ1) is 32.5. The molecule has 6 saturated carbocycles. The average Bonchev–Trinajstić information content (AvgIpc) is 3.85. The lowest BCUT2D eigenvalue weighted by Crippen LogP contribution is -2.75. The molecule has 380 valence electrons. The molecule has 0 aromatic rings. The van der Waals surface area contributed by atoms with E-state index in [1.54, 1.807) is 0 Å². The van der Waals surface area contributed by atoms with Crippen molar-refractivity contribution >= 4 is 35.3 Å². The molecule has 69 heavy (non-hydrogen) atoms. The predicted octanol–water partition coefficient (Wildman–Crippen LogP) is 6.38. The van der Waals surface area contributed by atoms with Crippen LogP contribution in [0.3, 0.4) is 0 Å². The predicted molar refractivity (Wildman–Crippen MR) is 259 cm³/mol. The Morgan fingerprint density at radius 2 is 0.986 bits per heavy atom. The van der Waals surface area contributed by atoms with Crippen molar-refractivity contribution in [1.29, 1.82) is 0 Å². The van der Waals surface area contributed by atoms with E-state index in [9.17, 15) is 49.8 Å². The fraction of sp³-hybridized carbons (Fsp3) is 0.786. The molecule has 0 spiro atoms. The summed E-state index contributed by atoms with van der Waals surface area (Å²) in [5.74, 6) is -0.993. The van der Waals surface area contributed by atoms with Crippen molar-refractivity contribution in [2.75, 3.05) is 13.2 Å². The summed E-state index contributed by atoms with van der Waals surface area (Å²) >= 11 is 1.40. The normalized spacial score (nSPS) is 51.2. The lowest BCUT2D eigenvalue weighted by molar-refractivity contribution is -0.218. The van der Waals surface area contributed by atoms with Crippen LogP contribution in [-0.4, -0.2) is 113 Å². The van der Waals surface area contributed by atoms with Gasteiger partial charge in [0.2, 0.25) is 0 Å². The van der Waals surface area contributed by atoms with Gasteiger partial charge in [-0.1, -0.05) is 38.8 Å². The second-order valence-electron chi connectivity index (χ2n) is 25.0. The molecule has 22 atom stereocenters. The molecule has 10 rings (SSSR count). The summed E-state index contributed by atoms with van der Waals surface area (Å²) in [4.78, 5) is 55.4. The number of allylic oxidation sites excluding steroid dienone is 2. The third-order valence-electron chi connectivity index (χ3n) is 23.0. The van der Waals surface area contributed by atoms with Gasteiger partial charge in [-0.25, -0.2) is 9.59 Å². The number of carbonyl (C=O) groups is 4. The van der Waals surface area contributed by atoms with E-state index in [0.29, 0.717) is 49.7 Å². The Labute approximate surface area is 412 Å². The smallest absolute Gasteiger partial charge is 0.336 e. The molecule has 0 bridgehead atoms. The van der Waals surface area contributed by atoms with Crippen LogP contribution in [0.1, 0.15) is 132 Å². The van der Waals surface area contributed by atoms with Gasteiger partial charge < -0.3 is 40.1 Å². The molecular weight excluding hydrogens is 897 g/mol. The zero-order chi connectivity index (χ0) is 49.7. The van der Waals surface area contributed by atoms with E-state index < -0.39 is 56.7 Å². The number of thioether (sulfide) groups is 1. The van der Waals surface area contributed by atoms with Crippen LogP contribution in [0.5, 0.6) is 0 Å². The molecule has 12 nitrogen and oxygen atoms in total. The van der Waals surface area contributed by atoms with E-state index in [4.69, 9.17) is 9.47 Å². The van der Waals surface area contributed by atoms with Gasteiger partial charge in [0, 0.05) is 23.3 Å². The van der Waals surface area contributed by atoms with Crippen molar-refractivity contribution < 1.29 is 59.3 Å². The molecule has 6 N–H and O–H groups in total. The second-order valence-corrected chi connectivity index (χ2v) is 26.4. The zero-order valence-electron chi connectivity index (χ0n) is 42.0. The van der Waals surface area contributed by atoms with E-state index >= 15 is 0 Å². The Morgan fingerprint density at radius 1 is 0.609 bits per heavy atom. The summed E-state index contributed by atoms with van der Waals surface area (Å²) in [6.45, 7) is 15.9. The highest BCUT2D eigenvalue weighted by Crippen LogP contribution is 2.73. The van der Waals surface area contributed by atoms with Crippen molar-refractivity contribution in [2.24, 2.45) is 80.8 Å². The molecule has 6 fully saturated rings. The Kier molecular flexibility index (Phi) is 12.3. The van der Waals surface area contributed by atoms with E-state index in [1.165, 1.54) is 36.1 Å². The van der Waals surface area contributed by atoms with Crippen LogP contribution in [0.4, 0.5) is 0 Å². The minimum atomic E-state index is -1.91. The summed E-state index contributed by atoms with van der Waals surface area (Å²) < 4.78 is 12.1. The maximum atomic E-state index is 14.7. The number of ether oxygens (including phenoxy) is 2. The number of rotatable bonds is 8. The van der Waals surface area contributed by atoms with Crippen molar-refractivity contribution in [3.63, 3.8) is 0 Å². The van der Waals surface area contributed by atoms with Gasteiger partial charge in [0.1, 0.15) is 35.6 Å². The van der Waals surface area contributed by atoms with Crippen LogP contribution in [0, 0.1) is 80.8 Å². The number of hydrogen-bond donors (Lipinski definition) is 6. The lowest BCUT2D eigenvalue weighted by atomic mass is 9.42. The van der Waals surface area contributed by atoms with Gasteiger partial charge >= 0.3 is 11.9 Å². The van der Waals surface area contributed by atoms with Gasteiger partial charge in [-0.3, -0.25) is 9.59 Å². The Bertz CT molecular complexity index is 2150.